The second kappa shape index (κ2) is 5.52. The number of carbonyl (C=O) groups is 2. The summed E-state index contributed by atoms with van der Waals surface area (Å²) in [6.07, 6.45) is 3.27. The molecule has 0 atom stereocenters. The topological polar surface area (TPSA) is 49.4 Å². The molecule has 4 nitrogen and oxygen atoms in total. The highest BCUT2D eigenvalue weighted by Gasteiger charge is 2.38. The Morgan fingerprint density at radius 3 is 2.53 bits per heavy atom. The standard InChI is InChI=1S/C13H24N2O2/c1-10(2)7-5-6-8-15-9-11(16)14-13(3,4)12(15)17/h10H,5-9H2,1-4H3,(H,14,16). The Morgan fingerprint density at radius 1 is 1.29 bits per heavy atom. The fourth-order valence-electron chi connectivity index (χ4n) is 2.12. The fourth-order valence-corrected chi connectivity index (χ4v) is 2.12. The average Bonchev–Trinajstić information content (AvgIpc) is 2.18. The van der Waals surface area contributed by atoms with Crippen molar-refractivity contribution >= 4 is 11.8 Å². The highest BCUT2D eigenvalue weighted by molar-refractivity contribution is 5.97. The van der Waals surface area contributed by atoms with Gasteiger partial charge in [0.15, 0.2) is 0 Å². The molecule has 4 heteroatoms. The number of hydrogen-bond donors (Lipinski definition) is 1. The van der Waals surface area contributed by atoms with Gasteiger partial charge in [-0.1, -0.05) is 26.7 Å². The normalized spacial score (nSPS) is 19.7. The van der Waals surface area contributed by atoms with Crippen LogP contribution in [0.25, 0.3) is 0 Å². The van der Waals surface area contributed by atoms with Crippen molar-refractivity contribution in [3.63, 3.8) is 0 Å². The van der Waals surface area contributed by atoms with Gasteiger partial charge >= 0.3 is 0 Å². The van der Waals surface area contributed by atoms with Gasteiger partial charge in [-0.05, 0) is 26.2 Å². The Morgan fingerprint density at radius 2 is 1.94 bits per heavy atom. The van der Waals surface area contributed by atoms with E-state index in [0.29, 0.717) is 12.5 Å². The van der Waals surface area contributed by atoms with Crippen LogP contribution >= 0.6 is 0 Å². The molecule has 0 unspecified atom stereocenters. The summed E-state index contributed by atoms with van der Waals surface area (Å²) in [5, 5.41) is 2.71. The zero-order valence-electron chi connectivity index (χ0n) is 11.4. The summed E-state index contributed by atoms with van der Waals surface area (Å²) in [5.41, 5.74) is -0.743. The summed E-state index contributed by atoms with van der Waals surface area (Å²) in [5.74, 6) is 0.673. The van der Waals surface area contributed by atoms with Crippen molar-refractivity contribution in [3.05, 3.63) is 0 Å². The monoisotopic (exact) mass is 240 g/mol. The molecule has 0 saturated carbocycles. The van der Waals surface area contributed by atoms with Crippen molar-refractivity contribution in [1.82, 2.24) is 10.2 Å². The van der Waals surface area contributed by atoms with E-state index in [4.69, 9.17) is 0 Å². The predicted octanol–water partition coefficient (Wildman–Crippen LogP) is 1.55. The molecule has 1 fully saturated rings. The van der Waals surface area contributed by atoms with Gasteiger partial charge in [-0.15, -0.1) is 0 Å². The van der Waals surface area contributed by atoms with E-state index in [1.165, 1.54) is 6.42 Å². The van der Waals surface area contributed by atoms with E-state index in [-0.39, 0.29) is 18.4 Å². The number of amides is 2. The number of piperazine rings is 1. The van der Waals surface area contributed by atoms with E-state index in [1.807, 2.05) is 0 Å². The minimum absolute atomic E-state index is 0.0293. The third kappa shape index (κ3) is 4.02. The second-order valence-corrected chi connectivity index (χ2v) is 5.79. The molecule has 0 aliphatic carbocycles. The minimum Gasteiger partial charge on any atom is -0.341 e. The van der Waals surface area contributed by atoms with Gasteiger partial charge in [0.2, 0.25) is 11.8 Å². The third-order valence-corrected chi connectivity index (χ3v) is 3.07. The van der Waals surface area contributed by atoms with E-state index in [9.17, 15) is 9.59 Å². The highest BCUT2D eigenvalue weighted by atomic mass is 16.2. The summed E-state index contributed by atoms with van der Waals surface area (Å²) < 4.78 is 0. The van der Waals surface area contributed by atoms with Crippen LogP contribution in [0, 0.1) is 5.92 Å². The number of unbranched alkanes of at least 4 members (excludes halogenated alkanes) is 1. The molecule has 1 saturated heterocycles. The van der Waals surface area contributed by atoms with E-state index in [1.54, 1.807) is 18.7 Å². The molecule has 1 N–H and O–H groups in total. The molecule has 0 aromatic heterocycles. The van der Waals surface area contributed by atoms with Crippen LogP contribution in [-0.2, 0) is 9.59 Å². The highest BCUT2D eigenvalue weighted by Crippen LogP contribution is 2.14. The van der Waals surface area contributed by atoms with Gasteiger partial charge in [-0.3, -0.25) is 9.59 Å². The molecule has 1 aliphatic rings. The van der Waals surface area contributed by atoms with Crippen LogP contribution in [0.2, 0.25) is 0 Å². The predicted molar refractivity (Wildman–Crippen MR) is 67.5 cm³/mol. The first kappa shape index (κ1) is 14.0. The van der Waals surface area contributed by atoms with Crippen molar-refractivity contribution in [2.75, 3.05) is 13.1 Å². The summed E-state index contributed by atoms with van der Waals surface area (Å²) in [4.78, 5) is 25.2. The average molecular weight is 240 g/mol. The quantitative estimate of drug-likeness (QED) is 0.741. The van der Waals surface area contributed by atoms with Crippen LogP contribution in [0.5, 0.6) is 0 Å². The molecule has 2 amide bonds. The molecule has 0 bridgehead atoms. The van der Waals surface area contributed by atoms with E-state index in [0.717, 1.165) is 12.8 Å². The van der Waals surface area contributed by atoms with Crippen molar-refractivity contribution in [2.24, 2.45) is 5.92 Å². The first-order valence-corrected chi connectivity index (χ1v) is 6.43. The van der Waals surface area contributed by atoms with Crippen LogP contribution < -0.4 is 5.32 Å². The zero-order chi connectivity index (χ0) is 13.1. The number of nitrogens with one attached hydrogen (secondary N) is 1. The van der Waals surface area contributed by atoms with Gasteiger partial charge in [-0.2, -0.15) is 0 Å². The van der Waals surface area contributed by atoms with Crippen LogP contribution in [0.1, 0.15) is 47.0 Å². The molecule has 1 rings (SSSR count). The Bertz CT molecular complexity index is 298. The number of rotatable bonds is 5. The Labute approximate surface area is 104 Å². The fraction of sp³-hybridized carbons (Fsp3) is 0.846. The molecule has 98 valence electrons. The van der Waals surface area contributed by atoms with Crippen molar-refractivity contribution in [3.8, 4) is 0 Å². The number of hydrogen-bond acceptors (Lipinski definition) is 2. The Kier molecular flexibility index (Phi) is 4.54. The molecule has 17 heavy (non-hydrogen) atoms. The van der Waals surface area contributed by atoms with Crippen LogP contribution in [-0.4, -0.2) is 35.3 Å². The van der Waals surface area contributed by atoms with Crippen LogP contribution in [0.15, 0.2) is 0 Å². The lowest BCUT2D eigenvalue weighted by Gasteiger charge is -2.37. The van der Waals surface area contributed by atoms with Gasteiger partial charge in [-0.25, -0.2) is 0 Å². The molecule has 0 spiro atoms. The minimum atomic E-state index is -0.743. The molecular formula is C13H24N2O2. The number of carbonyl (C=O) groups excluding carboxylic acids is 2. The maximum absolute atomic E-state index is 12.0. The first-order chi connectivity index (χ1) is 7.83. The maximum Gasteiger partial charge on any atom is 0.248 e. The van der Waals surface area contributed by atoms with Gasteiger partial charge in [0.1, 0.15) is 5.54 Å². The zero-order valence-corrected chi connectivity index (χ0v) is 11.4. The second-order valence-electron chi connectivity index (χ2n) is 5.79. The largest absolute Gasteiger partial charge is 0.341 e. The summed E-state index contributed by atoms with van der Waals surface area (Å²) >= 11 is 0. The molecule has 0 aromatic carbocycles. The van der Waals surface area contributed by atoms with Crippen molar-refractivity contribution < 1.29 is 9.59 Å². The summed E-state index contributed by atoms with van der Waals surface area (Å²) in [6.45, 7) is 8.82. The summed E-state index contributed by atoms with van der Waals surface area (Å²) in [6, 6.07) is 0. The Balaban J connectivity index is 2.42. The molecule has 0 aromatic rings. The van der Waals surface area contributed by atoms with E-state index < -0.39 is 5.54 Å². The first-order valence-electron chi connectivity index (χ1n) is 6.43. The third-order valence-electron chi connectivity index (χ3n) is 3.07. The molecule has 1 heterocycles. The molecular weight excluding hydrogens is 216 g/mol. The van der Waals surface area contributed by atoms with Crippen LogP contribution in [0.3, 0.4) is 0 Å². The molecule has 0 radical (unpaired) electrons. The van der Waals surface area contributed by atoms with Gasteiger partial charge < -0.3 is 10.2 Å². The lowest BCUT2D eigenvalue weighted by molar-refractivity contribution is -0.148. The lowest BCUT2D eigenvalue weighted by atomic mass is 10.00. The van der Waals surface area contributed by atoms with Crippen LogP contribution in [0.4, 0.5) is 0 Å². The SMILES string of the molecule is CC(C)CCCCN1CC(=O)NC(C)(C)C1=O. The van der Waals surface area contributed by atoms with Crippen molar-refractivity contribution in [2.45, 2.75) is 52.5 Å². The molecule has 1 aliphatic heterocycles. The van der Waals surface area contributed by atoms with E-state index >= 15 is 0 Å². The van der Waals surface area contributed by atoms with Gasteiger partial charge in [0.25, 0.3) is 0 Å². The van der Waals surface area contributed by atoms with Crippen molar-refractivity contribution in [1.29, 1.82) is 0 Å². The van der Waals surface area contributed by atoms with E-state index in [2.05, 4.69) is 19.2 Å². The van der Waals surface area contributed by atoms with Gasteiger partial charge in [0.05, 0.1) is 6.54 Å². The lowest BCUT2D eigenvalue weighted by Crippen LogP contribution is -2.63. The Hall–Kier alpha value is -1.06. The maximum atomic E-state index is 12.0. The van der Waals surface area contributed by atoms with Gasteiger partial charge in [0, 0.05) is 6.54 Å². The smallest absolute Gasteiger partial charge is 0.248 e. The summed E-state index contributed by atoms with van der Waals surface area (Å²) in [7, 11) is 0. The number of nitrogens with zero attached hydrogens (tertiary/aromatic N) is 1.